The van der Waals surface area contributed by atoms with Crippen LogP contribution in [0.25, 0.3) is 0 Å². The smallest absolute Gasteiger partial charge is 0.242 e. The average Bonchev–Trinajstić information content (AvgIpc) is 2.53. The number of aromatic nitrogens is 1. The first kappa shape index (κ1) is 15.5. The Bertz CT molecular complexity index is 431. The molecule has 0 fully saturated rings. The van der Waals surface area contributed by atoms with Crippen molar-refractivity contribution in [1.29, 1.82) is 0 Å². The van der Waals surface area contributed by atoms with Gasteiger partial charge in [-0.1, -0.05) is 25.1 Å². The summed E-state index contributed by atoms with van der Waals surface area (Å²) in [5.41, 5.74) is 0. The average molecular weight is 308 g/mol. The summed E-state index contributed by atoms with van der Waals surface area (Å²) in [7, 11) is 0. The van der Waals surface area contributed by atoms with E-state index in [-0.39, 0.29) is 0 Å². The second-order valence-corrected chi connectivity index (χ2v) is 7.09. The second-order valence-electron chi connectivity index (χ2n) is 4.54. The van der Waals surface area contributed by atoms with E-state index < -0.39 is 0 Å². The van der Waals surface area contributed by atoms with E-state index in [2.05, 4.69) is 71.4 Å². The predicted octanol–water partition coefficient (Wildman–Crippen LogP) is 3.34. The molecule has 1 unspecified atom stereocenters. The first-order chi connectivity index (χ1) is 9.92. The van der Waals surface area contributed by atoms with Crippen molar-refractivity contribution in [3.8, 4) is 0 Å². The zero-order chi connectivity index (χ0) is 14.0. The van der Waals surface area contributed by atoms with E-state index in [1.807, 2.05) is 23.5 Å². The SMILES string of the molecule is CCSCCSCC(N1C=CC=CC1)[n+]1ccccc1. The zero-order valence-electron chi connectivity index (χ0n) is 12.0. The van der Waals surface area contributed by atoms with Gasteiger partial charge in [0, 0.05) is 36.4 Å². The summed E-state index contributed by atoms with van der Waals surface area (Å²) >= 11 is 4.07. The number of thioether (sulfide) groups is 2. The van der Waals surface area contributed by atoms with Crippen LogP contribution < -0.4 is 4.57 Å². The van der Waals surface area contributed by atoms with Crippen LogP contribution in [0.1, 0.15) is 13.1 Å². The van der Waals surface area contributed by atoms with Gasteiger partial charge < -0.3 is 4.90 Å². The summed E-state index contributed by atoms with van der Waals surface area (Å²) in [5, 5.41) is 0. The molecule has 0 aliphatic carbocycles. The van der Waals surface area contributed by atoms with Crippen molar-refractivity contribution < 1.29 is 4.57 Å². The number of allylic oxidation sites excluding steroid dienone is 2. The van der Waals surface area contributed by atoms with E-state index in [1.165, 1.54) is 17.3 Å². The fourth-order valence-corrected chi connectivity index (χ4v) is 4.09. The van der Waals surface area contributed by atoms with E-state index in [4.69, 9.17) is 0 Å². The van der Waals surface area contributed by atoms with Gasteiger partial charge in [0.05, 0.1) is 5.75 Å². The highest BCUT2D eigenvalue weighted by Crippen LogP contribution is 2.17. The van der Waals surface area contributed by atoms with E-state index in [0.29, 0.717) is 6.17 Å². The lowest BCUT2D eigenvalue weighted by atomic mass is 10.3. The van der Waals surface area contributed by atoms with E-state index in [1.54, 1.807) is 0 Å². The Morgan fingerprint density at radius 2 is 1.90 bits per heavy atom. The van der Waals surface area contributed by atoms with Crippen LogP contribution in [0.5, 0.6) is 0 Å². The van der Waals surface area contributed by atoms with Crippen LogP contribution in [0.15, 0.2) is 55.0 Å². The highest BCUT2D eigenvalue weighted by atomic mass is 32.2. The molecule has 0 spiro atoms. The molecule has 1 atom stereocenters. The van der Waals surface area contributed by atoms with Gasteiger partial charge in [-0.2, -0.15) is 28.1 Å². The van der Waals surface area contributed by atoms with Gasteiger partial charge in [-0.25, -0.2) is 0 Å². The van der Waals surface area contributed by atoms with Crippen molar-refractivity contribution in [3.05, 3.63) is 55.0 Å². The lowest BCUT2D eigenvalue weighted by Gasteiger charge is -2.26. The summed E-state index contributed by atoms with van der Waals surface area (Å²) in [6.07, 6.45) is 13.4. The van der Waals surface area contributed by atoms with Gasteiger partial charge in [0.2, 0.25) is 6.17 Å². The fourth-order valence-electron chi connectivity index (χ4n) is 2.12. The van der Waals surface area contributed by atoms with Crippen molar-refractivity contribution in [2.45, 2.75) is 13.1 Å². The van der Waals surface area contributed by atoms with Crippen LogP contribution in [0.2, 0.25) is 0 Å². The Hall–Kier alpha value is -0.870. The molecule has 20 heavy (non-hydrogen) atoms. The van der Waals surface area contributed by atoms with Gasteiger partial charge in [0.15, 0.2) is 12.4 Å². The summed E-state index contributed by atoms with van der Waals surface area (Å²) in [4.78, 5) is 2.40. The molecule has 0 saturated carbocycles. The Labute approximate surface area is 130 Å². The number of hydrogen-bond acceptors (Lipinski definition) is 3. The van der Waals surface area contributed by atoms with Crippen LogP contribution >= 0.6 is 23.5 Å². The third-order valence-corrected chi connectivity index (χ3v) is 5.34. The van der Waals surface area contributed by atoms with Crippen molar-refractivity contribution in [2.24, 2.45) is 0 Å². The molecule has 4 heteroatoms. The number of hydrogen-bond donors (Lipinski definition) is 0. The van der Waals surface area contributed by atoms with Crippen molar-refractivity contribution in [2.75, 3.05) is 29.6 Å². The molecule has 0 radical (unpaired) electrons. The third kappa shape index (κ3) is 4.91. The third-order valence-electron chi connectivity index (χ3n) is 3.15. The molecule has 1 aliphatic rings. The van der Waals surface area contributed by atoms with Crippen molar-refractivity contribution >= 4 is 23.5 Å². The summed E-state index contributed by atoms with van der Waals surface area (Å²) in [6.45, 7) is 3.22. The van der Waals surface area contributed by atoms with Crippen LogP contribution in [-0.2, 0) is 0 Å². The summed E-state index contributed by atoms with van der Waals surface area (Å²) in [5.74, 6) is 4.83. The van der Waals surface area contributed by atoms with Gasteiger partial charge in [-0.3, -0.25) is 0 Å². The molecule has 1 aromatic heterocycles. The molecule has 108 valence electrons. The fraction of sp³-hybridized carbons (Fsp3) is 0.438. The maximum absolute atomic E-state index is 2.40. The molecule has 1 aromatic rings. The Kier molecular flexibility index (Phi) is 7.09. The Morgan fingerprint density at radius 3 is 2.60 bits per heavy atom. The van der Waals surface area contributed by atoms with Gasteiger partial charge in [0.25, 0.3) is 0 Å². The molecule has 2 nitrogen and oxygen atoms in total. The Morgan fingerprint density at radius 1 is 1.10 bits per heavy atom. The monoisotopic (exact) mass is 307 g/mol. The first-order valence-electron chi connectivity index (χ1n) is 7.12. The minimum atomic E-state index is 0.397. The molecule has 2 rings (SSSR count). The van der Waals surface area contributed by atoms with Gasteiger partial charge in [-0.05, 0) is 11.8 Å². The normalized spacial score (nSPS) is 15.6. The van der Waals surface area contributed by atoms with E-state index in [9.17, 15) is 0 Å². The molecule has 0 N–H and O–H groups in total. The van der Waals surface area contributed by atoms with Crippen LogP contribution in [0.3, 0.4) is 0 Å². The molecule has 0 bridgehead atoms. The lowest BCUT2D eigenvalue weighted by Crippen LogP contribution is -2.49. The van der Waals surface area contributed by atoms with Crippen LogP contribution in [0.4, 0.5) is 0 Å². The lowest BCUT2D eigenvalue weighted by molar-refractivity contribution is -0.736. The van der Waals surface area contributed by atoms with E-state index >= 15 is 0 Å². The van der Waals surface area contributed by atoms with Crippen LogP contribution in [0, 0.1) is 0 Å². The maximum Gasteiger partial charge on any atom is 0.242 e. The highest BCUT2D eigenvalue weighted by Gasteiger charge is 2.23. The van der Waals surface area contributed by atoms with Crippen LogP contribution in [-0.4, -0.2) is 34.5 Å². The quantitative estimate of drug-likeness (QED) is 0.537. The number of pyridine rings is 1. The maximum atomic E-state index is 2.40. The largest absolute Gasteiger partial charge is 0.316 e. The molecular formula is C16H23N2S2+. The van der Waals surface area contributed by atoms with Gasteiger partial charge >= 0.3 is 0 Å². The Balaban J connectivity index is 1.94. The minimum absolute atomic E-state index is 0.397. The highest BCUT2D eigenvalue weighted by molar-refractivity contribution is 8.02. The van der Waals surface area contributed by atoms with E-state index in [0.717, 1.165) is 12.3 Å². The molecule has 0 saturated heterocycles. The topological polar surface area (TPSA) is 7.12 Å². The summed E-state index contributed by atoms with van der Waals surface area (Å²) < 4.78 is 2.31. The van der Waals surface area contributed by atoms with Crippen molar-refractivity contribution in [3.63, 3.8) is 0 Å². The predicted molar refractivity (Wildman–Crippen MR) is 91.0 cm³/mol. The van der Waals surface area contributed by atoms with Gasteiger partial charge in [0.1, 0.15) is 0 Å². The number of nitrogens with zero attached hydrogens (tertiary/aromatic N) is 2. The minimum Gasteiger partial charge on any atom is -0.316 e. The first-order valence-corrected chi connectivity index (χ1v) is 9.43. The summed E-state index contributed by atoms with van der Waals surface area (Å²) in [6, 6.07) is 6.28. The number of rotatable bonds is 8. The zero-order valence-corrected chi connectivity index (χ0v) is 13.7. The molecule has 1 aliphatic heterocycles. The standard InChI is InChI=1S/C16H23N2S2/c1-2-19-13-14-20-15-16(17-9-5-3-6-10-17)18-11-7-4-8-12-18/h3-11,16H,2,12-15H2,1H3/q+1. The molecule has 0 aromatic carbocycles. The van der Waals surface area contributed by atoms with Gasteiger partial charge in [-0.15, -0.1) is 0 Å². The molecular weight excluding hydrogens is 284 g/mol. The molecule has 0 amide bonds. The van der Waals surface area contributed by atoms with Crippen molar-refractivity contribution in [1.82, 2.24) is 4.90 Å². The second kappa shape index (κ2) is 9.14. The molecule has 2 heterocycles.